The average molecular weight is 465 g/mol. The Labute approximate surface area is 194 Å². The third kappa shape index (κ3) is 3.08. The van der Waals surface area contributed by atoms with E-state index in [0.29, 0.717) is 44.5 Å². The van der Waals surface area contributed by atoms with Crippen molar-refractivity contribution in [3.05, 3.63) is 74.5 Å². The van der Waals surface area contributed by atoms with Gasteiger partial charge in [-0.05, 0) is 36.6 Å². The summed E-state index contributed by atoms with van der Waals surface area (Å²) < 4.78 is 21.5. The summed E-state index contributed by atoms with van der Waals surface area (Å²) in [5.74, 6) is -0.786. The number of fused-ring (bicyclic) bond motifs is 5. The van der Waals surface area contributed by atoms with Gasteiger partial charge in [-0.2, -0.15) is 0 Å². The minimum Gasteiger partial charge on any atom is -0.490 e. The third-order valence-electron chi connectivity index (χ3n) is 6.86. The maximum absolute atomic E-state index is 14.4. The number of aryl methyl sites for hydroxylation is 1. The van der Waals surface area contributed by atoms with Crippen LogP contribution in [-0.4, -0.2) is 32.3 Å². The van der Waals surface area contributed by atoms with Crippen molar-refractivity contribution in [1.82, 2.24) is 14.9 Å². The van der Waals surface area contributed by atoms with E-state index < -0.39 is 23.9 Å². The van der Waals surface area contributed by atoms with E-state index in [4.69, 9.17) is 14.8 Å². The van der Waals surface area contributed by atoms with Crippen molar-refractivity contribution in [3.8, 4) is 11.4 Å². The van der Waals surface area contributed by atoms with Crippen LogP contribution in [0.2, 0.25) is 0 Å². The highest BCUT2D eigenvalue weighted by atomic mass is 19.1. The molecule has 0 saturated heterocycles. The highest BCUT2D eigenvalue weighted by molar-refractivity contribution is 5.89. The van der Waals surface area contributed by atoms with Gasteiger partial charge in [0.15, 0.2) is 0 Å². The molecule has 3 N–H and O–H groups in total. The van der Waals surface area contributed by atoms with Crippen molar-refractivity contribution in [2.75, 3.05) is 6.61 Å². The summed E-state index contributed by atoms with van der Waals surface area (Å²) in [6.45, 7) is 6.87. The Bertz CT molecular complexity index is 1460. The van der Waals surface area contributed by atoms with Crippen LogP contribution in [0.15, 0.2) is 35.3 Å². The van der Waals surface area contributed by atoms with E-state index in [1.54, 1.807) is 30.5 Å². The summed E-state index contributed by atoms with van der Waals surface area (Å²) in [6.07, 6.45) is 0.267. The zero-order valence-corrected chi connectivity index (χ0v) is 18.9. The fourth-order valence-electron chi connectivity index (χ4n) is 4.85. The normalized spacial score (nSPS) is 18.3. The first-order chi connectivity index (χ1) is 16.2. The molecule has 176 valence electrons. The molecule has 8 nitrogen and oxygen atoms in total. The lowest BCUT2D eigenvalue weighted by Crippen LogP contribution is -2.38. The number of pyridine rings is 2. The van der Waals surface area contributed by atoms with Gasteiger partial charge in [-0.15, -0.1) is 0 Å². The first-order valence-electron chi connectivity index (χ1n) is 11.0. The van der Waals surface area contributed by atoms with E-state index in [9.17, 15) is 19.1 Å². The molecule has 0 unspecified atom stereocenters. The number of nitrogens with one attached hydrogen (secondary N) is 1. The molecule has 2 aliphatic rings. The first-order valence-corrected chi connectivity index (χ1v) is 11.0. The van der Waals surface area contributed by atoms with E-state index in [1.165, 1.54) is 6.07 Å². The Hall–Kier alpha value is -3.56. The number of rotatable bonds is 4. The van der Waals surface area contributed by atoms with Gasteiger partial charge in [0.1, 0.15) is 30.4 Å². The minimum atomic E-state index is -1.51. The Morgan fingerprint density at radius 1 is 1.35 bits per heavy atom. The van der Waals surface area contributed by atoms with Gasteiger partial charge in [-0.25, -0.2) is 9.37 Å². The Morgan fingerprint density at radius 2 is 2.12 bits per heavy atom. The van der Waals surface area contributed by atoms with Gasteiger partial charge in [0.2, 0.25) is 5.91 Å². The van der Waals surface area contributed by atoms with E-state index in [-0.39, 0.29) is 37.4 Å². The van der Waals surface area contributed by atoms with Crippen molar-refractivity contribution >= 4 is 16.8 Å². The largest absolute Gasteiger partial charge is 0.490 e. The predicted molar refractivity (Wildman–Crippen MR) is 122 cm³/mol. The molecule has 2 aliphatic heterocycles. The maximum atomic E-state index is 14.4. The molecule has 0 radical (unpaired) electrons. The molecule has 2 aromatic heterocycles. The van der Waals surface area contributed by atoms with Crippen LogP contribution >= 0.6 is 0 Å². The molecule has 1 aromatic carbocycles. The summed E-state index contributed by atoms with van der Waals surface area (Å²) in [4.78, 5) is 29.9. The van der Waals surface area contributed by atoms with Crippen molar-refractivity contribution in [3.63, 3.8) is 0 Å². The van der Waals surface area contributed by atoms with Crippen molar-refractivity contribution < 1.29 is 24.1 Å². The number of carbonyl (C=O) groups is 1. The zero-order valence-electron chi connectivity index (χ0n) is 18.9. The summed E-state index contributed by atoms with van der Waals surface area (Å²) >= 11 is 0. The lowest BCUT2D eigenvalue weighted by Gasteiger charge is -2.35. The SMILES string of the molecule is C=C1OCc2c(cc3n(c2=O)Cc2c-3nc3cc(F)c(C)cc3c2CNC(=O)CO)[C@@]1(O)CC. The number of hydrogen-bond acceptors (Lipinski definition) is 6. The lowest BCUT2D eigenvalue weighted by molar-refractivity contribution is -0.123. The Kier molecular flexibility index (Phi) is 5.07. The molecule has 1 amide bonds. The van der Waals surface area contributed by atoms with Gasteiger partial charge < -0.3 is 24.8 Å². The summed E-state index contributed by atoms with van der Waals surface area (Å²) in [7, 11) is 0. The number of ether oxygens (including phenoxy) is 1. The molecule has 4 heterocycles. The molecular weight excluding hydrogens is 441 g/mol. The van der Waals surface area contributed by atoms with Crippen LogP contribution in [-0.2, 0) is 34.8 Å². The zero-order chi connectivity index (χ0) is 24.4. The van der Waals surface area contributed by atoms with Crippen LogP contribution in [0.25, 0.3) is 22.3 Å². The highest BCUT2D eigenvalue weighted by Crippen LogP contribution is 2.42. The maximum Gasteiger partial charge on any atom is 0.258 e. The van der Waals surface area contributed by atoms with Crippen molar-refractivity contribution in [1.29, 1.82) is 0 Å². The Morgan fingerprint density at radius 3 is 2.82 bits per heavy atom. The number of nitrogens with zero attached hydrogens (tertiary/aromatic N) is 2. The number of halogens is 1. The summed E-state index contributed by atoms with van der Waals surface area (Å²) in [5.41, 5.74) is 2.18. The standard InChI is InChI=1S/C25H24FN3O5/c1-4-25(33)13(3)34-11-17-18(25)6-21-23-16(9-29(21)24(17)32)15(8-27-22(31)10-30)14-5-12(2)19(26)7-20(14)28-23/h5-7,30,33H,3-4,8-11H2,1-2H3,(H,27,31)/t25-/m1/s1. The van der Waals surface area contributed by atoms with E-state index in [0.717, 1.165) is 5.56 Å². The molecule has 9 heteroatoms. The van der Waals surface area contributed by atoms with Crippen molar-refractivity contribution in [2.45, 2.75) is 45.6 Å². The van der Waals surface area contributed by atoms with E-state index >= 15 is 0 Å². The molecule has 1 atom stereocenters. The molecule has 0 bridgehead atoms. The number of aliphatic hydroxyl groups excluding tert-OH is 1. The molecule has 0 aliphatic carbocycles. The van der Waals surface area contributed by atoms with Crippen LogP contribution in [0.1, 0.15) is 41.2 Å². The summed E-state index contributed by atoms with van der Waals surface area (Å²) in [5, 5.41) is 23.7. The molecular formula is C25H24FN3O5. The van der Waals surface area contributed by atoms with Crippen molar-refractivity contribution in [2.24, 2.45) is 0 Å². The number of aliphatic hydroxyl groups is 2. The number of hydrogen-bond donors (Lipinski definition) is 3. The van der Waals surface area contributed by atoms with Gasteiger partial charge in [-0.1, -0.05) is 13.5 Å². The second-order valence-electron chi connectivity index (χ2n) is 8.71. The van der Waals surface area contributed by atoms with Crippen LogP contribution in [0, 0.1) is 12.7 Å². The first kappa shape index (κ1) is 22.2. The summed E-state index contributed by atoms with van der Waals surface area (Å²) in [6, 6.07) is 4.74. The molecule has 3 aromatic rings. The fraction of sp³-hybridized carbons (Fsp3) is 0.320. The second kappa shape index (κ2) is 7.75. The van der Waals surface area contributed by atoms with Crippen LogP contribution in [0.3, 0.4) is 0 Å². The molecule has 0 fully saturated rings. The highest BCUT2D eigenvalue weighted by Gasteiger charge is 2.41. The monoisotopic (exact) mass is 465 g/mol. The lowest BCUT2D eigenvalue weighted by atomic mass is 9.84. The van der Waals surface area contributed by atoms with Gasteiger partial charge in [-0.3, -0.25) is 9.59 Å². The van der Waals surface area contributed by atoms with Gasteiger partial charge in [0.05, 0.1) is 29.0 Å². The minimum absolute atomic E-state index is 0.00512. The third-order valence-corrected chi connectivity index (χ3v) is 6.86. The van der Waals surface area contributed by atoms with Gasteiger partial charge >= 0.3 is 0 Å². The van der Waals surface area contributed by atoms with E-state index in [2.05, 4.69) is 11.9 Å². The number of carbonyl (C=O) groups excluding carboxylic acids is 1. The second-order valence-corrected chi connectivity index (χ2v) is 8.71. The quantitative estimate of drug-likeness (QED) is 0.426. The van der Waals surface area contributed by atoms with Crippen LogP contribution in [0.5, 0.6) is 0 Å². The van der Waals surface area contributed by atoms with Gasteiger partial charge in [0, 0.05) is 29.1 Å². The molecule has 5 rings (SSSR count). The topological polar surface area (TPSA) is 114 Å². The van der Waals surface area contributed by atoms with Crippen LogP contribution < -0.4 is 10.9 Å². The van der Waals surface area contributed by atoms with Crippen LogP contribution in [0.4, 0.5) is 4.39 Å². The molecule has 0 saturated carbocycles. The smallest absolute Gasteiger partial charge is 0.258 e. The number of benzene rings is 1. The number of amides is 1. The predicted octanol–water partition coefficient (Wildman–Crippen LogP) is 2.12. The van der Waals surface area contributed by atoms with Gasteiger partial charge in [0.25, 0.3) is 5.56 Å². The molecule has 34 heavy (non-hydrogen) atoms. The molecule has 0 spiro atoms. The number of aromatic nitrogens is 2. The Balaban J connectivity index is 1.78. The fourth-order valence-corrected chi connectivity index (χ4v) is 4.85. The van der Waals surface area contributed by atoms with E-state index in [1.807, 2.05) is 0 Å². The average Bonchev–Trinajstić information content (AvgIpc) is 3.19.